The van der Waals surface area contributed by atoms with Gasteiger partial charge in [-0.1, -0.05) is 6.92 Å². The maximum Gasteiger partial charge on any atom is 0.573 e. The Morgan fingerprint density at radius 3 is 2.86 bits per heavy atom. The molecule has 35 heavy (non-hydrogen) atoms. The number of nitrogens with two attached hydrogens (primary N) is 1. The molecule has 3 atom stereocenters. The highest BCUT2D eigenvalue weighted by atomic mass is 19.4. The summed E-state index contributed by atoms with van der Waals surface area (Å²) in [6.07, 6.45) is 0.125. The Bertz CT molecular complexity index is 1490. The summed E-state index contributed by atoms with van der Waals surface area (Å²) >= 11 is 0. The van der Waals surface area contributed by atoms with Crippen molar-refractivity contribution in [1.82, 2.24) is 24.3 Å². The van der Waals surface area contributed by atoms with E-state index in [1.54, 1.807) is 27.9 Å². The Morgan fingerprint density at radius 1 is 1.23 bits per heavy atom. The first-order valence-electron chi connectivity index (χ1n) is 10.9. The lowest BCUT2D eigenvalue weighted by Gasteiger charge is -2.39. The van der Waals surface area contributed by atoms with Gasteiger partial charge in [-0.2, -0.15) is 0 Å². The van der Waals surface area contributed by atoms with E-state index in [2.05, 4.69) is 19.7 Å². The molecule has 5 heterocycles. The number of hydrogen-bond donors (Lipinski definition) is 1. The van der Waals surface area contributed by atoms with Gasteiger partial charge in [-0.25, -0.2) is 15.0 Å². The number of benzene rings is 1. The number of halogens is 3. The standard InChI is InChI=1S/C23H19F3N6O3/c1-11-4-19-20(13-3-2-12(5-18(13)34-19)35-23(24,25)26)31(9-11)22(33)14-6-16-15(7-29-14)30-21(27)17-8-28-10-32(16)17/h2-3,5-8,10-11,19-20H,4,9H2,1H3,(H2,27,30)/t11-,19-,20-/m0/s1. The number of likely N-dealkylation sites (tertiary alicyclic amines) is 1. The number of anilines is 1. The van der Waals surface area contributed by atoms with E-state index in [9.17, 15) is 18.0 Å². The topological polar surface area (TPSA) is 108 Å². The van der Waals surface area contributed by atoms with Crippen LogP contribution in [-0.2, 0) is 0 Å². The zero-order chi connectivity index (χ0) is 24.5. The molecule has 0 spiro atoms. The molecule has 6 rings (SSSR count). The van der Waals surface area contributed by atoms with Crippen LogP contribution in [-0.4, -0.2) is 49.2 Å². The summed E-state index contributed by atoms with van der Waals surface area (Å²) in [5, 5.41) is 0. The van der Waals surface area contributed by atoms with Crippen LogP contribution in [0.3, 0.4) is 0 Å². The second-order valence-corrected chi connectivity index (χ2v) is 8.85. The molecule has 1 saturated heterocycles. The fourth-order valence-electron chi connectivity index (χ4n) is 5.01. The van der Waals surface area contributed by atoms with Crippen LogP contribution in [0.2, 0.25) is 0 Å². The number of amides is 1. The van der Waals surface area contributed by atoms with Crippen LogP contribution in [0.25, 0.3) is 16.6 Å². The summed E-state index contributed by atoms with van der Waals surface area (Å²) in [4.78, 5) is 28.2. The number of hydrogen-bond acceptors (Lipinski definition) is 7. The molecule has 2 N–H and O–H groups in total. The van der Waals surface area contributed by atoms with Crippen molar-refractivity contribution in [2.45, 2.75) is 31.9 Å². The third-order valence-corrected chi connectivity index (χ3v) is 6.39. The number of aromatic nitrogens is 4. The summed E-state index contributed by atoms with van der Waals surface area (Å²) < 4.78 is 49.8. The van der Waals surface area contributed by atoms with Crippen molar-refractivity contribution >= 4 is 28.3 Å². The van der Waals surface area contributed by atoms with Crippen molar-refractivity contribution < 1.29 is 27.4 Å². The van der Waals surface area contributed by atoms with Crippen molar-refractivity contribution in [1.29, 1.82) is 0 Å². The quantitative estimate of drug-likeness (QED) is 0.462. The van der Waals surface area contributed by atoms with Crippen LogP contribution < -0.4 is 15.2 Å². The molecule has 3 aromatic heterocycles. The second-order valence-electron chi connectivity index (χ2n) is 8.85. The first-order chi connectivity index (χ1) is 16.7. The number of alkyl halides is 3. The summed E-state index contributed by atoms with van der Waals surface area (Å²) in [5.74, 6) is 0.0125. The molecule has 0 saturated carbocycles. The van der Waals surface area contributed by atoms with Gasteiger partial charge < -0.3 is 20.1 Å². The smallest absolute Gasteiger partial charge is 0.487 e. The van der Waals surface area contributed by atoms with E-state index in [4.69, 9.17) is 10.5 Å². The second kappa shape index (κ2) is 7.45. The van der Waals surface area contributed by atoms with Crippen LogP contribution in [0.5, 0.6) is 11.5 Å². The van der Waals surface area contributed by atoms with Crippen LogP contribution in [0.4, 0.5) is 19.0 Å². The largest absolute Gasteiger partial charge is 0.573 e. The molecule has 180 valence electrons. The third-order valence-electron chi connectivity index (χ3n) is 6.39. The minimum absolute atomic E-state index is 0.114. The summed E-state index contributed by atoms with van der Waals surface area (Å²) in [5.41, 5.74) is 8.58. The molecular weight excluding hydrogens is 465 g/mol. The van der Waals surface area contributed by atoms with Gasteiger partial charge in [-0.3, -0.25) is 9.20 Å². The Kier molecular flexibility index (Phi) is 4.57. The fraction of sp³-hybridized carbons (Fsp3) is 0.304. The maximum absolute atomic E-state index is 13.7. The Hall–Kier alpha value is -4.09. The molecule has 0 radical (unpaired) electrons. The highest BCUT2D eigenvalue weighted by Crippen LogP contribution is 2.47. The molecule has 2 aliphatic rings. The number of fused-ring (bicyclic) bond motifs is 6. The monoisotopic (exact) mass is 484 g/mol. The van der Waals surface area contributed by atoms with Gasteiger partial charge in [-0.15, -0.1) is 13.2 Å². The lowest BCUT2D eigenvalue weighted by atomic mass is 9.88. The lowest BCUT2D eigenvalue weighted by Crippen LogP contribution is -2.47. The lowest BCUT2D eigenvalue weighted by molar-refractivity contribution is -0.274. The summed E-state index contributed by atoms with van der Waals surface area (Å²) in [7, 11) is 0. The van der Waals surface area contributed by atoms with E-state index in [1.807, 2.05) is 6.92 Å². The number of nitrogen functional groups attached to an aromatic ring is 1. The predicted molar refractivity (Wildman–Crippen MR) is 118 cm³/mol. The number of rotatable bonds is 2. The molecular formula is C23H19F3N6O3. The number of carbonyl (C=O) groups excluding carboxylic acids is 1. The molecule has 1 aromatic carbocycles. The van der Waals surface area contributed by atoms with Gasteiger partial charge in [0, 0.05) is 18.2 Å². The number of ether oxygens (including phenoxy) is 2. The molecule has 0 unspecified atom stereocenters. The zero-order valence-electron chi connectivity index (χ0n) is 18.4. The molecule has 4 aromatic rings. The average molecular weight is 484 g/mol. The number of nitrogens with zero attached hydrogens (tertiary/aromatic N) is 5. The first-order valence-corrected chi connectivity index (χ1v) is 10.9. The zero-order valence-corrected chi connectivity index (χ0v) is 18.4. The fourth-order valence-corrected chi connectivity index (χ4v) is 5.01. The van der Waals surface area contributed by atoms with Gasteiger partial charge in [0.15, 0.2) is 0 Å². The SMILES string of the molecule is C[C@H]1C[C@@H]2Oc3cc(OC(F)(F)F)ccc3[C@@H]2N(C(=O)c2cc3c(cn2)nc(N)c2cncn23)C1. The van der Waals surface area contributed by atoms with E-state index < -0.39 is 12.4 Å². The number of piperidine rings is 1. The molecule has 1 fully saturated rings. The van der Waals surface area contributed by atoms with Gasteiger partial charge in [0.25, 0.3) is 5.91 Å². The summed E-state index contributed by atoms with van der Waals surface area (Å²) in [6, 6.07) is 5.16. The molecule has 2 aliphatic heterocycles. The van der Waals surface area contributed by atoms with Gasteiger partial charge in [0.2, 0.25) is 0 Å². The highest BCUT2D eigenvalue weighted by Gasteiger charge is 2.46. The van der Waals surface area contributed by atoms with Gasteiger partial charge in [0.1, 0.15) is 40.1 Å². The van der Waals surface area contributed by atoms with Crippen LogP contribution >= 0.6 is 0 Å². The minimum Gasteiger partial charge on any atom is -0.487 e. The van der Waals surface area contributed by atoms with Gasteiger partial charge in [0.05, 0.1) is 30.3 Å². The first kappa shape index (κ1) is 21.4. The van der Waals surface area contributed by atoms with Gasteiger partial charge in [-0.05, 0) is 30.5 Å². The van der Waals surface area contributed by atoms with E-state index >= 15 is 0 Å². The Morgan fingerprint density at radius 2 is 2.06 bits per heavy atom. The third kappa shape index (κ3) is 3.56. The molecule has 0 bridgehead atoms. The highest BCUT2D eigenvalue weighted by molar-refractivity contribution is 5.96. The van der Waals surface area contributed by atoms with E-state index in [1.165, 1.54) is 24.4 Å². The Labute approximate surface area is 196 Å². The van der Waals surface area contributed by atoms with E-state index in [-0.39, 0.29) is 35.1 Å². The van der Waals surface area contributed by atoms with E-state index in [0.29, 0.717) is 40.9 Å². The van der Waals surface area contributed by atoms with Crippen molar-refractivity contribution in [2.24, 2.45) is 5.92 Å². The minimum atomic E-state index is -4.81. The van der Waals surface area contributed by atoms with Crippen LogP contribution in [0, 0.1) is 5.92 Å². The van der Waals surface area contributed by atoms with E-state index in [0.717, 1.165) is 0 Å². The number of carbonyl (C=O) groups is 1. The van der Waals surface area contributed by atoms with Gasteiger partial charge >= 0.3 is 6.36 Å². The normalized spacial score (nSPS) is 21.6. The average Bonchev–Trinajstić information content (AvgIpc) is 3.42. The van der Waals surface area contributed by atoms with Crippen molar-refractivity contribution in [2.75, 3.05) is 12.3 Å². The number of imidazole rings is 1. The van der Waals surface area contributed by atoms with Crippen molar-refractivity contribution in [3.8, 4) is 11.5 Å². The molecule has 0 aliphatic carbocycles. The van der Waals surface area contributed by atoms with Crippen LogP contribution in [0.15, 0.2) is 43.0 Å². The van der Waals surface area contributed by atoms with Crippen molar-refractivity contribution in [3.63, 3.8) is 0 Å². The predicted octanol–water partition coefficient (Wildman–Crippen LogP) is 3.74. The maximum atomic E-state index is 13.7. The summed E-state index contributed by atoms with van der Waals surface area (Å²) in [6.45, 7) is 2.44. The Balaban J connectivity index is 1.38. The van der Waals surface area contributed by atoms with Crippen LogP contribution in [0.1, 0.15) is 35.4 Å². The van der Waals surface area contributed by atoms with Crippen molar-refractivity contribution in [3.05, 3.63) is 54.2 Å². The molecule has 12 heteroatoms. The molecule has 9 nitrogen and oxygen atoms in total. The molecule has 1 amide bonds. The number of pyridine rings is 1.